The summed E-state index contributed by atoms with van der Waals surface area (Å²) < 4.78 is 74.3. The molecule has 4 nitrogen and oxygen atoms in total. The van der Waals surface area contributed by atoms with E-state index in [1.54, 1.807) is 11.4 Å². The van der Waals surface area contributed by atoms with Crippen LogP contribution in [0.25, 0.3) is 0 Å². The first-order chi connectivity index (χ1) is 15.3. The minimum Gasteiger partial charge on any atom is -0.390 e. The number of halogens is 6. The summed E-state index contributed by atoms with van der Waals surface area (Å²) in [5.41, 5.74) is 3.98. The molecule has 0 unspecified atom stereocenters. The lowest BCUT2D eigenvalue weighted by Crippen LogP contribution is -2.08. The normalized spacial score (nSPS) is 11.2. The molecule has 1 heterocycles. The van der Waals surface area contributed by atoms with Gasteiger partial charge in [-0.15, -0.1) is 11.3 Å². The average Bonchev–Trinajstić information content (AvgIpc) is 3.18. The van der Waals surface area contributed by atoms with Gasteiger partial charge < -0.3 is 5.73 Å². The molecule has 0 atom stereocenters. The van der Waals surface area contributed by atoms with Gasteiger partial charge in [0.15, 0.2) is 11.6 Å². The van der Waals surface area contributed by atoms with Gasteiger partial charge in [0.25, 0.3) is 0 Å². The Bertz CT molecular complexity index is 1190. The van der Waals surface area contributed by atoms with Crippen molar-refractivity contribution in [3.63, 3.8) is 0 Å². The second-order valence-electron chi connectivity index (χ2n) is 6.44. The molecule has 2 N–H and O–H groups in total. The highest BCUT2D eigenvalue weighted by Crippen LogP contribution is 2.31. The van der Waals surface area contributed by atoms with Gasteiger partial charge in [0.2, 0.25) is 0 Å². The number of thiophene rings is 1. The number of nitrogens with zero attached hydrogens (tertiary/aromatic N) is 1. The summed E-state index contributed by atoms with van der Waals surface area (Å²) in [6.07, 6.45) is -9.35. The average molecular weight is 484 g/mol. The van der Waals surface area contributed by atoms with Crippen LogP contribution in [0.15, 0.2) is 60.0 Å². The number of hydrogen-bond donors (Lipinski definition) is 1. The fourth-order valence-corrected chi connectivity index (χ4v) is 3.18. The van der Waals surface area contributed by atoms with Gasteiger partial charge in [-0.3, -0.25) is 9.59 Å². The molecule has 0 fully saturated rings. The van der Waals surface area contributed by atoms with E-state index in [2.05, 4.69) is 0 Å². The van der Waals surface area contributed by atoms with E-state index in [9.17, 15) is 35.9 Å². The maximum Gasteiger partial charge on any atom is 0.416 e. The molecule has 0 saturated heterocycles. The first kappa shape index (κ1) is 25.6. The molecule has 2 aromatic carbocycles. The number of anilines is 1. The third-order valence-electron chi connectivity index (χ3n) is 4.14. The van der Waals surface area contributed by atoms with E-state index in [0.29, 0.717) is 5.00 Å². The summed E-state index contributed by atoms with van der Waals surface area (Å²) in [6.45, 7) is 0. The zero-order valence-electron chi connectivity index (χ0n) is 16.5. The highest BCUT2D eigenvalue weighted by molar-refractivity contribution is 7.14. The van der Waals surface area contributed by atoms with E-state index in [-0.39, 0.29) is 16.7 Å². The van der Waals surface area contributed by atoms with Crippen LogP contribution >= 0.6 is 11.3 Å². The van der Waals surface area contributed by atoms with Crippen LogP contribution < -0.4 is 5.73 Å². The third kappa shape index (κ3) is 6.92. The quantitative estimate of drug-likeness (QED) is 0.344. The van der Waals surface area contributed by atoms with Crippen LogP contribution in [-0.4, -0.2) is 11.6 Å². The van der Waals surface area contributed by atoms with Crippen LogP contribution in [-0.2, 0) is 12.4 Å². The highest BCUT2D eigenvalue weighted by Gasteiger charge is 2.31. The van der Waals surface area contributed by atoms with Crippen LogP contribution in [0.2, 0.25) is 0 Å². The Morgan fingerprint density at radius 3 is 1.85 bits per heavy atom. The van der Waals surface area contributed by atoms with Gasteiger partial charge in [0.05, 0.1) is 34.2 Å². The predicted molar refractivity (Wildman–Crippen MR) is 110 cm³/mol. The van der Waals surface area contributed by atoms with Gasteiger partial charge >= 0.3 is 12.4 Å². The fourth-order valence-electron chi connectivity index (χ4n) is 2.54. The highest BCUT2D eigenvalue weighted by atomic mass is 32.1. The predicted octanol–water partition coefficient (Wildman–Crippen LogP) is 6.38. The number of carbonyl (C=O) groups excluding carboxylic acids is 2. The van der Waals surface area contributed by atoms with Crippen molar-refractivity contribution in [3.8, 4) is 6.07 Å². The Kier molecular flexibility index (Phi) is 8.00. The number of carbonyl (C=O) groups is 2. The molecule has 11 heteroatoms. The second kappa shape index (κ2) is 10.3. The van der Waals surface area contributed by atoms with E-state index in [1.165, 1.54) is 35.6 Å². The molecule has 0 bridgehead atoms. The van der Waals surface area contributed by atoms with Gasteiger partial charge in [-0.05, 0) is 35.7 Å². The SMILES string of the molecule is N#CCC(=O)c1cccc(C(F)(F)F)c1.Nc1sccc1C(=O)c1cccc(C(F)(F)F)c1. The summed E-state index contributed by atoms with van der Waals surface area (Å²) in [7, 11) is 0. The summed E-state index contributed by atoms with van der Waals surface area (Å²) in [4.78, 5) is 23.1. The molecular weight excluding hydrogens is 470 g/mol. The Hall–Kier alpha value is -3.65. The maximum absolute atomic E-state index is 12.5. The van der Waals surface area contributed by atoms with Crippen LogP contribution in [0.3, 0.4) is 0 Å². The number of nitrogen functional groups attached to an aromatic ring is 1. The Labute approximate surface area is 187 Å². The smallest absolute Gasteiger partial charge is 0.390 e. The molecule has 1 aromatic heterocycles. The maximum atomic E-state index is 12.5. The topological polar surface area (TPSA) is 83.9 Å². The minimum absolute atomic E-state index is 0.0186. The molecule has 0 aliphatic rings. The Morgan fingerprint density at radius 2 is 1.39 bits per heavy atom. The largest absolute Gasteiger partial charge is 0.416 e. The molecule has 0 aliphatic heterocycles. The number of rotatable bonds is 4. The molecule has 0 aliphatic carbocycles. The van der Waals surface area contributed by atoms with E-state index in [0.717, 1.165) is 30.3 Å². The molecular formula is C22H14F6N2O2S. The van der Waals surface area contributed by atoms with Gasteiger partial charge in [0, 0.05) is 11.1 Å². The van der Waals surface area contributed by atoms with Crippen LogP contribution in [0.4, 0.5) is 31.3 Å². The zero-order valence-corrected chi connectivity index (χ0v) is 17.3. The molecule has 0 amide bonds. The Morgan fingerprint density at radius 1 is 0.879 bits per heavy atom. The number of nitrogens with two attached hydrogens (primary N) is 1. The van der Waals surface area contributed by atoms with Crippen LogP contribution in [0.1, 0.15) is 43.8 Å². The number of hydrogen-bond acceptors (Lipinski definition) is 5. The standard InChI is InChI=1S/C12H8F3NOS.C10H6F3NO/c13-12(14,15)8-3-1-2-7(6-8)10(17)9-4-5-18-11(9)16;11-10(12,13)8-3-1-2-7(6-8)9(15)4-5-14/h1-6H,16H2;1-3,6H,4H2. The van der Waals surface area contributed by atoms with Crippen molar-refractivity contribution in [1.29, 1.82) is 5.26 Å². The number of benzene rings is 2. The van der Waals surface area contributed by atoms with Gasteiger partial charge in [0.1, 0.15) is 0 Å². The summed E-state index contributed by atoms with van der Waals surface area (Å²) in [5, 5.41) is 10.2. The molecule has 0 spiro atoms. The van der Waals surface area contributed by atoms with Gasteiger partial charge in [-0.1, -0.05) is 24.3 Å². The van der Waals surface area contributed by atoms with Gasteiger partial charge in [-0.2, -0.15) is 31.6 Å². The number of ketones is 2. The minimum atomic E-state index is -4.47. The first-order valence-corrected chi connectivity index (χ1v) is 9.85. The molecule has 0 radical (unpaired) electrons. The van der Waals surface area contributed by atoms with Crippen molar-refractivity contribution in [2.75, 3.05) is 5.73 Å². The van der Waals surface area contributed by atoms with Crippen molar-refractivity contribution in [1.82, 2.24) is 0 Å². The second-order valence-corrected chi connectivity index (χ2v) is 7.39. The zero-order chi connectivity index (χ0) is 24.8. The summed E-state index contributed by atoms with van der Waals surface area (Å²) >= 11 is 1.17. The lowest BCUT2D eigenvalue weighted by molar-refractivity contribution is -0.138. The van der Waals surface area contributed by atoms with Crippen molar-refractivity contribution in [2.45, 2.75) is 18.8 Å². The number of nitriles is 1. The van der Waals surface area contributed by atoms with Crippen molar-refractivity contribution >= 4 is 27.9 Å². The molecule has 33 heavy (non-hydrogen) atoms. The molecule has 3 aromatic rings. The molecule has 3 rings (SSSR count). The molecule has 0 saturated carbocycles. The van der Waals surface area contributed by atoms with Gasteiger partial charge in [-0.25, -0.2) is 0 Å². The summed E-state index contributed by atoms with van der Waals surface area (Å²) in [5.74, 6) is -1.11. The third-order valence-corrected chi connectivity index (χ3v) is 4.89. The lowest BCUT2D eigenvalue weighted by Gasteiger charge is -2.08. The van der Waals surface area contributed by atoms with Crippen molar-refractivity contribution in [3.05, 3.63) is 87.8 Å². The van der Waals surface area contributed by atoms with Crippen LogP contribution in [0.5, 0.6) is 0 Å². The Balaban J connectivity index is 0.000000238. The van der Waals surface area contributed by atoms with Crippen molar-refractivity contribution in [2.24, 2.45) is 0 Å². The van der Waals surface area contributed by atoms with E-state index < -0.39 is 41.5 Å². The lowest BCUT2D eigenvalue weighted by atomic mass is 10.0. The first-order valence-electron chi connectivity index (χ1n) is 8.97. The van der Waals surface area contributed by atoms with E-state index in [4.69, 9.17) is 11.0 Å². The van der Waals surface area contributed by atoms with Crippen LogP contribution in [0, 0.1) is 11.3 Å². The fraction of sp³-hybridized carbons (Fsp3) is 0.136. The number of alkyl halides is 6. The summed E-state index contributed by atoms with van der Waals surface area (Å²) in [6, 6.07) is 11.4. The van der Waals surface area contributed by atoms with E-state index in [1.807, 2.05) is 0 Å². The number of Topliss-reactive ketones (excluding diaryl/α,β-unsaturated/α-hetero) is 1. The molecule has 172 valence electrons. The van der Waals surface area contributed by atoms with Crippen molar-refractivity contribution < 1.29 is 35.9 Å². The monoisotopic (exact) mass is 484 g/mol. The van der Waals surface area contributed by atoms with E-state index >= 15 is 0 Å².